The Labute approximate surface area is 187 Å². The standard InChI is InChI=1S/C23H22F3N5O2/c1-13-11-30(12-14(2)33-13)16-4-5-17-19(9-16)31-21(29(3)22(17)32)10-18(28-31)15-6-7-27-20(8-15)23(24,25)26/h4-10,13-14H,11-12H2,1-3H3. The Morgan fingerprint density at radius 1 is 1.06 bits per heavy atom. The van der Waals surface area contributed by atoms with Crippen LogP contribution in [0.3, 0.4) is 0 Å². The van der Waals surface area contributed by atoms with Gasteiger partial charge in [0.2, 0.25) is 0 Å². The molecule has 1 aliphatic heterocycles. The Bertz CT molecular complexity index is 1420. The van der Waals surface area contributed by atoms with Gasteiger partial charge in [-0.1, -0.05) is 0 Å². The quantitative estimate of drug-likeness (QED) is 0.457. The minimum absolute atomic E-state index is 0.0685. The van der Waals surface area contributed by atoms with Crippen molar-refractivity contribution in [1.29, 1.82) is 0 Å². The number of ether oxygens (including phenoxy) is 1. The fourth-order valence-electron chi connectivity index (χ4n) is 4.42. The molecule has 0 aliphatic carbocycles. The lowest BCUT2D eigenvalue weighted by atomic mass is 10.1. The van der Waals surface area contributed by atoms with Crippen LogP contribution in [0.15, 0.2) is 47.4 Å². The molecule has 0 saturated carbocycles. The van der Waals surface area contributed by atoms with Gasteiger partial charge in [-0.15, -0.1) is 0 Å². The van der Waals surface area contributed by atoms with E-state index in [0.29, 0.717) is 35.3 Å². The molecule has 4 heterocycles. The summed E-state index contributed by atoms with van der Waals surface area (Å²) in [5.41, 5.74) is 1.40. The number of fused-ring (bicyclic) bond motifs is 3. The monoisotopic (exact) mass is 457 g/mol. The summed E-state index contributed by atoms with van der Waals surface area (Å²) in [6.45, 7) is 5.46. The van der Waals surface area contributed by atoms with Crippen LogP contribution in [0.5, 0.6) is 0 Å². The van der Waals surface area contributed by atoms with E-state index in [1.54, 1.807) is 23.7 Å². The van der Waals surface area contributed by atoms with Crippen molar-refractivity contribution in [3.8, 4) is 11.3 Å². The third-order valence-corrected chi connectivity index (χ3v) is 5.91. The summed E-state index contributed by atoms with van der Waals surface area (Å²) in [5, 5.41) is 5.05. The van der Waals surface area contributed by atoms with Gasteiger partial charge in [0, 0.05) is 43.7 Å². The summed E-state index contributed by atoms with van der Waals surface area (Å²) in [6.07, 6.45) is -3.31. The van der Waals surface area contributed by atoms with Crippen LogP contribution in [0.25, 0.3) is 27.8 Å². The molecule has 0 N–H and O–H groups in total. The molecule has 5 rings (SSSR count). The number of aryl methyl sites for hydroxylation is 1. The van der Waals surface area contributed by atoms with Crippen LogP contribution in [-0.4, -0.2) is 44.5 Å². The van der Waals surface area contributed by atoms with E-state index in [1.165, 1.54) is 10.6 Å². The summed E-state index contributed by atoms with van der Waals surface area (Å²) < 4.78 is 48.3. The highest BCUT2D eigenvalue weighted by Crippen LogP contribution is 2.31. The fourth-order valence-corrected chi connectivity index (χ4v) is 4.42. The first kappa shape index (κ1) is 21.4. The number of anilines is 1. The van der Waals surface area contributed by atoms with Gasteiger partial charge in [0.15, 0.2) is 0 Å². The van der Waals surface area contributed by atoms with E-state index in [9.17, 15) is 18.0 Å². The van der Waals surface area contributed by atoms with Gasteiger partial charge in [0.25, 0.3) is 5.56 Å². The van der Waals surface area contributed by atoms with E-state index in [-0.39, 0.29) is 23.3 Å². The number of alkyl halides is 3. The highest BCUT2D eigenvalue weighted by atomic mass is 19.4. The van der Waals surface area contributed by atoms with Crippen LogP contribution in [-0.2, 0) is 18.0 Å². The van der Waals surface area contributed by atoms with Crippen LogP contribution < -0.4 is 10.5 Å². The van der Waals surface area contributed by atoms with Crippen molar-refractivity contribution >= 4 is 22.2 Å². The third kappa shape index (κ3) is 3.74. The molecule has 2 unspecified atom stereocenters. The minimum Gasteiger partial charge on any atom is -0.372 e. The summed E-state index contributed by atoms with van der Waals surface area (Å²) in [6, 6.07) is 9.63. The number of aromatic nitrogens is 4. The Hall–Kier alpha value is -3.40. The topological polar surface area (TPSA) is 64.7 Å². The molecule has 1 aromatic carbocycles. The second kappa shape index (κ2) is 7.58. The Kier molecular flexibility index (Phi) is 4.93. The number of rotatable bonds is 2. The third-order valence-electron chi connectivity index (χ3n) is 5.91. The van der Waals surface area contributed by atoms with Crippen molar-refractivity contribution in [2.45, 2.75) is 32.2 Å². The van der Waals surface area contributed by atoms with Gasteiger partial charge in [-0.25, -0.2) is 4.52 Å². The minimum atomic E-state index is -4.56. The number of benzene rings is 1. The number of morpholine rings is 1. The Balaban J connectivity index is 1.68. The van der Waals surface area contributed by atoms with Crippen LogP contribution >= 0.6 is 0 Å². The lowest BCUT2D eigenvalue weighted by molar-refractivity contribution is -0.141. The molecule has 2 atom stereocenters. The maximum atomic E-state index is 13.1. The Morgan fingerprint density at radius 3 is 2.48 bits per heavy atom. The van der Waals surface area contributed by atoms with Crippen LogP contribution in [0.1, 0.15) is 19.5 Å². The van der Waals surface area contributed by atoms with E-state index in [4.69, 9.17) is 4.74 Å². The molecule has 1 aliphatic rings. The predicted octanol–water partition coefficient (Wildman–Crippen LogP) is 3.88. The first-order valence-electron chi connectivity index (χ1n) is 10.6. The number of hydrogen-bond donors (Lipinski definition) is 0. The molecule has 7 nitrogen and oxygen atoms in total. The lowest BCUT2D eigenvalue weighted by Crippen LogP contribution is -2.45. The predicted molar refractivity (Wildman–Crippen MR) is 118 cm³/mol. The molecule has 10 heteroatoms. The maximum absolute atomic E-state index is 13.1. The highest BCUT2D eigenvalue weighted by molar-refractivity contribution is 5.85. The average Bonchev–Trinajstić information content (AvgIpc) is 3.22. The average molecular weight is 457 g/mol. The largest absolute Gasteiger partial charge is 0.433 e. The van der Waals surface area contributed by atoms with Gasteiger partial charge in [0.05, 0.1) is 28.8 Å². The molecule has 1 fully saturated rings. The fraction of sp³-hybridized carbons (Fsp3) is 0.348. The smallest absolute Gasteiger partial charge is 0.372 e. The Morgan fingerprint density at radius 2 is 1.79 bits per heavy atom. The van der Waals surface area contributed by atoms with Gasteiger partial charge in [-0.05, 0) is 44.2 Å². The molecule has 0 spiro atoms. The molecule has 172 valence electrons. The summed E-state index contributed by atoms with van der Waals surface area (Å²) in [4.78, 5) is 18.6. The van der Waals surface area contributed by atoms with Crippen molar-refractivity contribution < 1.29 is 17.9 Å². The summed E-state index contributed by atoms with van der Waals surface area (Å²) in [7, 11) is 1.62. The zero-order chi connectivity index (χ0) is 23.5. The molecule has 0 radical (unpaired) electrons. The normalized spacial score (nSPS) is 19.5. The maximum Gasteiger partial charge on any atom is 0.433 e. The summed E-state index contributed by atoms with van der Waals surface area (Å²) in [5.74, 6) is 0. The van der Waals surface area contributed by atoms with Crippen molar-refractivity contribution in [1.82, 2.24) is 19.2 Å². The molecule has 1 saturated heterocycles. The van der Waals surface area contributed by atoms with Crippen molar-refractivity contribution in [2.75, 3.05) is 18.0 Å². The second-order valence-corrected chi connectivity index (χ2v) is 8.46. The van der Waals surface area contributed by atoms with Crippen LogP contribution in [0, 0.1) is 0 Å². The molecular formula is C23H22F3N5O2. The van der Waals surface area contributed by atoms with Gasteiger partial charge < -0.3 is 9.64 Å². The molecule has 0 amide bonds. The SMILES string of the molecule is CC1CN(c2ccc3c(=O)n(C)c4cc(-c5ccnc(C(F)(F)F)c5)nn4c3c2)CC(C)O1. The lowest BCUT2D eigenvalue weighted by Gasteiger charge is -2.37. The highest BCUT2D eigenvalue weighted by Gasteiger charge is 2.32. The number of pyridine rings is 1. The second-order valence-electron chi connectivity index (χ2n) is 8.46. The molecular weight excluding hydrogens is 435 g/mol. The molecule has 3 aromatic heterocycles. The first-order valence-corrected chi connectivity index (χ1v) is 10.6. The van der Waals surface area contributed by atoms with E-state index >= 15 is 0 Å². The van der Waals surface area contributed by atoms with Gasteiger partial charge in [-0.3, -0.25) is 14.3 Å². The zero-order valence-electron chi connectivity index (χ0n) is 18.3. The molecule has 0 bridgehead atoms. The zero-order valence-corrected chi connectivity index (χ0v) is 18.3. The van der Waals surface area contributed by atoms with Crippen LogP contribution in [0.2, 0.25) is 0 Å². The molecule has 33 heavy (non-hydrogen) atoms. The number of hydrogen-bond acceptors (Lipinski definition) is 5. The molecule has 4 aromatic rings. The van der Waals surface area contributed by atoms with Crippen molar-refractivity contribution in [2.24, 2.45) is 7.05 Å². The van der Waals surface area contributed by atoms with E-state index in [1.807, 2.05) is 26.0 Å². The van der Waals surface area contributed by atoms with Gasteiger partial charge in [0.1, 0.15) is 11.3 Å². The van der Waals surface area contributed by atoms with Crippen molar-refractivity contribution in [3.63, 3.8) is 0 Å². The van der Waals surface area contributed by atoms with E-state index in [0.717, 1.165) is 18.0 Å². The van der Waals surface area contributed by atoms with E-state index in [2.05, 4.69) is 15.0 Å². The first-order chi connectivity index (χ1) is 15.6. The van der Waals surface area contributed by atoms with Gasteiger partial charge >= 0.3 is 6.18 Å². The van der Waals surface area contributed by atoms with E-state index < -0.39 is 11.9 Å². The van der Waals surface area contributed by atoms with Gasteiger partial charge in [-0.2, -0.15) is 18.3 Å². The summed E-state index contributed by atoms with van der Waals surface area (Å²) >= 11 is 0. The van der Waals surface area contributed by atoms with Crippen LogP contribution in [0.4, 0.5) is 18.9 Å². The van der Waals surface area contributed by atoms with Crippen molar-refractivity contribution in [3.05, 3.63) is 58.6 Å². The number of halogens is 3. The number of nitrogens with zero attached hydrogens (tertiary/aromatic N) is 5.